The fraction of sp³-hybridized carbons (Fsp3) is 0.0741. The third-order valence-corrected chi connectivity index (χ3v) is 4.63. The van der Waals surface area contributed by atoms with Crippen LogP contribution in [0.4, 0.5) is 13.2 Å². The topological polar surface area (TPSA) is 54.0 Å². The molecule has 3 aromatic carbocycles. The fourth-order valence-electron chi connectivity index (χ4n) is 2.94. The van der Waals surface area contributed by atoms with Gasteiger partial charge in [0.15, 0.2) is 11.6 Å². The summed E-state index contributed by atoms with van der Waals surface area (Å²) in [5, 5.41) is 0. The van der Waals surface area contributed by atoms with Gasteiger partial charge in [-0.3, -0.25) is 0 Å². The summed E-state index contributed by atoms with van der Waals surface area (Å²) >= 11 is 0. The van der Waals surface area contributed by atoms with Gasteiger partial charge in [0, 0.05) is 22.8 Å². The Hall–Kier alpha value is -4.46. The second kappa shape index (κ2) is 11.6. The lowest BCUT2D eigenvalue weighted by Gasteiger charge is -2.10. The number of carbonyl (C=O) groups excluding carboxylic acids is 1. The summed E-state index contributed by atoms with van der Waals surface area (Å²) in [5.74, 6) is -2.52. The highest BCUT2D eigenvalue weighted by Gasteiger charge is 2.13. The Kier molecular flexibility index (Phi) is 8.34. The molecule has 3 rings (SSSR count). The van der Waals surface area contributed by atoms with Gasteiger partial charge < -0.3 is 18.9 Å². The van der Waals surface area contributed by atoms with Crippen molar-refractivity contribution in [1.29, 1.82) is 0 Å². The highest BCUT2D eigenvalue weighted by molar-refractivity contribution is 5.87. The molecule has 5 nitrogen and oxygen atoms in total. The first kappa shape index (κ1) is 25.2. The zero-order valence-electron chi connectivity index (χ0n) is 18.9. The van der Waals surface area contributed by atoms with Crippen LogP contribution in [-0.2, 0) is 14.3 Å². The lowest BCUT2D eigenvalue weighted by atomic mass is 9.99. The minimum Gasteiger partial charge on any atom is -0.501 e. The molecule has 0 atom stereocenters. The van der Waals surface area contributed by atoms with Crippen molar-refractivity contribution in [3.05, 3.63) is 109 Å². The van der Waals surface area contributed by atoms with Gasteiger partial charge in [0.1, 0.15) is 42.4 Å². The SMILES string of the molecule is C=C(C)C(=O)O/C=C\Oc1ccc(-c2ccc(-c3ccc(O/C=C\OC)c(F)c3)c(F)c2)c(F)c1. The number of halogens is 3. The van der Waals surface area contributed by atoms with E-state index >= 15 is 0 Å². The molecule has 0 aliphatic carbocycles. The average Bonchev–Trinajstić information content (AvgIpc) is 2.83. The summed E-state index contributed by atoms with van der Waals surface area (Å²) in [5.41, 5.74) is 1.07. The third kappa shape index (κ3) is 6.54. The highest BCUT2D eigenvalue weighted by atomic mass is 19.1. The molecule has 0 unspecified atom stereocenters. The Morgan fingerprint density at radius 3 is 1.97 bits per heavy atom. The number of hydrogen-bond acceptors (Lipinski definition) is 5. The molecule has 0 aromatic heterocycles. The van der Waals surface area contributed by atoms with Crippen molar-refractivity contribution in [3.8, 4) is 33.8 Å². The van der Waals surface area contributed by atoms with Crippen LogP contribution in [0.15, 0.2) is 91.8 Å². The lowest BCUT2D eigenvalue weighted by molar-refractivity contribution is -0.133. The number of esters is 1. The van der Waals surface area contributed by atoms with Gasteiger partial charge in [-0.15, -0.1) is 0 Å². The van der Waals surface area contributed by atoms with Crippen LogP contribution in [0.1, 0.15) is 6.92 Å². The molecule has 0 aliphatic rings. The number of rotatable bonds is 9. The van der Waals surface area contributed by atoms with Gasteiger partial charge in [0.2, 0.25) is 0 Å². The van der Waals surface area contributed by atoms with Crippen molar-refractivity contribution in [2.75, 3.05) is 7.11 Å². The second-order valence-corrected chi connectivity index (χ2v) is 7.18. The number of benzene rings is 3. The first-order valence-electron chi connectivity index (χ1n) is 10.2. The summed E-state index contributed by atoms with van der Waals surface area (Å²) in [6, 6.07) is 12.1. The van der Waals surface area contributed by atoms with Crippen LogP contribution in [-0.4, -0.2) is 13.1 Å². The maximum absolute atomic E-state index is 14.9. The van der Waals surface area contributed by atoms with Gasteiger partial charge in [-0.2, -0.15) is 0 Å². The number of ether oxygens (including phenoxy) is 4. The van der Waals surface area contributed by atoms with Crippen LogP contribution in [0.3, 0.4) is 0 Å². The van der Waals surface area contributed by atoms with E-state index in [2.05, 4.69) is 11.3 Å². The van der Waals surface area contributed by atoms with Crippen molar-refractivity contribution in [3.63, 3.8) is 0 Å². The molecule has 3 aromatic rings. The summed E-state index contributed by atoms with van der Waals surface area (Å²) in [6.07, 6.45) is 4.50. The molecular formula is C27H21F3O5. The van der Waals surface area contributed by atoms with E-state index < -0.39 is 23.4 Å². The van der Waals surface area contributed by atoms with E-state index in [0.29, 0.717) is 0 Å². The molecule has 0 aliphatic heterocycles. The molecule has 0 saturated heterocycles. The number of methoxy groups -OCH3 is 1. The molecular weight excluding hydrogens is 461 g/mol. The fourth-order valence-corrected chi connectivity index (χ4v) is 2.94. The van der Waals surface area contributed by atoms with Crippen molar-refractivity contribution in [1.82, 2.24) is 0 Å². The standard InChI is InChI=1S/C27H21F3O5/c1-17(2)27(31)35-13-12-33-20-6-8-22(24(29)16-20)18-4-7-21(23(28)14-18)19-5-9-26(25(30)15-19)34-11-10-32-3/h4-16H,1H2,2-3H3/b11-10-,13-12-. The number of hydrogen-bond donors (Lipinski definition) is 0. The maximum Gasteiger partial charge on any atom is 0.338 e. The van der Waals surface area contributed by atoms with E-state index in [-0.39, 0.29) is 39.3 Å². The van der Waals surface area contributed by atoms with Crippen molar-refractivity contribution in [2.24, 2.45) is 0 Å². The predicted molar refractivity (Wildman–Crippen MR) is 125 cm³/mol. The Bertz CT molecular complexity index is 1300. The van der Waals surface area contributed by atoms with Gasteiger partial charge in [-0.1, -0.05) is 24.8 Å². The van der Waals surface area contributed by atoms with E-state index in [0.717, 1.165) is 30.7 Å². The first-order chi connectivity index (χ1) is 16.8. The molecule has 0 bridgehead atoms. The molecule has 0 spiro atoms. The second-order valence-electron chi connectivity index (χ2n) is 7.18. The molecule has 0 heterocycles. The minimum atomic E-state index is -0.684. The quantitative estimate of drug-likeness (QED) is 0.189. The zero-order chi connectivity index (χ0) is 25.4. The van der Waals surface area contributed by atoms with Crippen molar-refractivity contribution < 1.29 is 36.9 Å². The Labute approximate surface area is 200 Å². The van der Waals surface area contributed by atoms with Crippen LogP contribution >= 0.6 is 0 Å². The molecule has 0 radical (unpaired) electrons. The minimum absolute atomic E-state index is 0.0488. The number of carbonyl (C=O) groups is 1. The maximum atomic E-state index is 14.9. The Morgan fingerprint density at radius 2 is 1.37 bits per heavy atom. The largest absolute Gasteiger partial charge is 0.501 e. The monoisotopic (exact) mass is 482 g/mol. The molecule has 8 heteroatoms. The van der Waals surface area contributed by atoms with E-state index in [9.17, 15) is 18.0 Å². The molecule has 0 saturated carbocycles. The summed E-state index contributed by atoms with van der Waals surface area (Å²) in [6.45, 7) is 4.93. The zero-order valence-corrected chi connectivity index (χ0v) is 18.9. The molecule has 0 amide bonds. The van der Waals surface area contributed by atoms with E-state index in [1.54, 1.807) is 0 Å². The Morgan fingerprint density at radius 1 is 0.771 bits per heavy atom. The van der Waals surface area contributed by atoms with E-state index in [1.807, 2.05) is 0 Å². The van der Waals surface area contributed by atoms with Gasteiger partial charge in [-0.25, -0.2) is 18.0 Å². The van der Waals surface area contributed by atoms with Gasteiger partial charge in [0.05, 0.1) is 7.11 Å². The first-order valence-corrected chi connectivity index (χ1v) is 10.2. The van der Waals surface area contributed by atoms with Crippen LogP contribution < -0.4 is 9.47 Å². The molecule has 0 fully saturated rings. The van der Waals surface area contributed by atoms with Gasteiger partial charge in [-0.05, 0) is 48.4 Å². The van der Waals surface area contributed by atoms with Gasteiger partial charge >= 0.3 is 5.97 Å². The predicted octanol–water partition coefficient (Wildman–Crippen LogP) is 6.90. The smallest absolute Gasteiger partial charge is 0.338 e. The molecule has 180 valence electrons. The van der Waals surface area contributed by atoms with Crippen LogP contribution in [0.25, 0.3) is 22.3 Å². The van der Waals surface area contributed by atoms with Gasteiger partial charge in [0.25, 0.3) is 0 Å². The third-order valence-electron chi connectivity index (χ3n) is 4.63. The normalized spacial score (nSPS) is 11.0. The average molecular weight is 482 g/mol. The van der Waals surface area contributed by atoms with E-state index in [4.69, 9.17) is 14.2 Å². The summed E-state index contributed by atoms with van der Waals surface area (Å²) < 4.78 is 63.5. The van der Waals surface area contributed by atoms with E-state index in [1.165, 1.54) is 63.0 Å². The highest BCUT2D eigenvalue weighted by Crippen LogP contribution is 2.32. The van der Waals surface area contributed by atoms with Crippen molar-refractivity contribution >= 4 is 5.97 Å². The lowest BCUT2D eigenvalue weighted by Crippen LogP contribution is -1.99. The van der Waals surface area contributed by atoms with Crippen LogP contribution in [0.5, 0.6) is 11.5 Å². The van der Waals surface area contributed by atoms with Crippen molar-refractivity contribution in [2.45, 2.75) is 6.92 Å². The summed E-state index contributed by atoms with van der Waals surface area (Å²) in [4.78, 5) is 11.3. The Balaban J connectivity index is 1.75. The molecule has 35 heavy (non-hydrogen) atoms. The van der Waals surface area contributed by atoms with Crippen LogP contribution in [0.2, 0.25) is 0 Å². The summed E-state index contributed by atoms with van der Waals surface area (Å²) in [7, 11) is 1.42. The van der Waals surface area contributed by atoms with Crippen LogP contribution in [0, 0.1) is 17.5 Å². The molecule has 0 N–H and O–H groups in total.